The van der Waals surface area contributed by atoms with Crippen LogP contribution in [0.1, 0.15) is 18.3 Å². The molecule has 106 valence electrons. The minimum atomic E-state index is -0.0380. The maximum atomic E-state index is 11.9. The summed E-state index contributed by atoms with van der Waals surface area (Å²) in [5, 5.41) is 11.8. The topological polar surface area (TPSA) is 59.8 Å². The van der Waals surface area contributed by atoms with E-state index in [4.69, 9.17) is 0 Å². The smallest absolute Gasteiger partial charge is 0.234 e. The molecule has 0 saturated heterocycles. The van der Waals surface area contributed by atoms with Crippen molar-refractivity contribution in [3.8, 4) is 0 Å². The molecule has 0 fully saturated rings. The highest BCUT2D eigenvalue weighted by atomic mass is 32.2. The standard InChI is InChI=1S/C14H18N4OS/c1-4-18-11(3)16-17-14(18)20-9-13(19)15-12-7-5-6-10(2)8-12/h5-8H,4,9H2,1-3H3,(H,15,19). The molecule has 0 aliphatic heterocycles. The van der Waals surface area contributed by atoms with Gasteiger partial charge in [-0.3, -0.25) is 4.79 Å². The highest BCUT2D eigenvalue weighted by Crippen LogP contribution is 2.17. The number of carbonyl (C=O) groups excluding carboxylic acids is 1. The van der Waals surface area contributed by atoms with Crippen molar-refractivity contribution in [1.29, 1.82) is 0 Å². The molecule has 6 heteroatoms. The van der Waals surface area contributed by atoms with Crippen molar-refractivity contribution >= 4 is 23.4 Å². The molecule has 0 radical (unpaired) electrons. The third-order valence-corrected chi connectivity index (χ3v) is 3.82. The van der Waals surface area contributed by atoms with Crippen LogP contribution in [0.15, 0.2) is 29.4 Å². The fourth-order valence-corrected chi connectivity index (χ4v) is 2.73. The van der Waals surface area contributed by atoms with Crippen LogP contribution in [0.25, 0.3) is 0 Å². The number of carbonyl (C=O) groups is 1. The minimum Gasteiger partial charge on any atom is -0.325 e. The number of anilines is 1. The Morgan fingerprint density at radius 1 is 1.35 bits per heavy atom. The number of rotatable bonds is 5. The lowest BCUT2D eigenvalue weighted by Gasteiger charge is -2.06. The first-order valence-corrected chi connectivity index (χ1v) is 7.48. The maximum Gasteiger partial charge on any atom is 0.234 e. The van der Waals surface area contributed by atoms with Crippen molar-refractivity contribution < 1.29 is 4.79 Å². The van der Waals surface area contributed by atoms with E-state index in [2.05, 4.69) is 15.5 Å². The molecule has 1 aromatic heterocycles. The Morgan fingerprint density at radius 3 is 2.85 bits per heavy atom. The van der Waals surface area contributed by atoms with Gasteiger partial charge in [0, 0.05) is 12.2 Å². The van der Waals surface area contributed by atoms with Crippen LogP contribution in [0.4, 0.5) is 5.69 Å². The molecule has 5 nitrogen and oxygen atoms in total. The van der Waals surface area contributed by atoms with Gasteiger partial charge in [0.2, 0.25) is 5.91 Å². The molecule has 1 amide bonds. The van der Waals surface area contributed by atoms with Crippen LogP contribution in [-0.4, -0.2) is 26.4 Å². The molecule has 0 aliphatic rings. The molecular weight excluding hydrogens is 272 g/mol. The van der Waals surface area contributed by atoms with Crippen molar-refractivity contribution in [2.24, 2.45) is 0 Å². The van der Waals surface area contributed by atoms with Gasteiger partial charge in [0.1, 0.15) is 5.82 Å². The number of thioether (sulfide) groups is 1. The van der Waals surface area contributed by atoms with Gasteiger partial charge in [-0.2, -0.15) is 0 Å². The molecule has 0 aliphatic carbocycles. The maximum absolute atomic E-state index is 11.9. The molecule has 0 saturated carbocycles. The van der Waals surface area contributed by atoms with Gasteiger partial charge < -0.3 is 9.88 Å². The third-order valence-electron chi connectivity index (χ3n) is 2.85. The summed E-state index contributed by atoms with van der Waals surface area (Å²) in [6.07, 6.45) is 0. The van der Waals surface area contributed by atoms with E-state index in [1.807, 2.05) is 49.6 Å². The Morgan fingerprint density at radius 2 is 2.15 bits per heavy atom. The molecule has 2 aromatic rings. The van der Waals surface area contributed by atoms with Crippen LogP contribution in [0.3, 0.4) is 0 Å². The predicted octanol–water partition coefficient (Wildman–Crippen LogP) is 2.65. The van der Waals surface area contributed by atoms with Crippen molar-refractivity contribution in [2.45, 2.75) is 32.5 Å². The Hall–Kier alpha value is -1.82. The lowest BCUT2D eigenvalue weighted by atomic mass is 10.2. The van der Waals surface area contributed by atoms with Gasteiger partial charge in [0.15, 0.2) is 5.16 Å². The zero-order chi connectivity index (χ0) is 14.5. The number of aromatic nitrogens is 3. The first-order valence-electron chi connectivity index (χ1n) is 6.49. The number of hydrogen-bond donors (Lipinski definition) is 1. The van der Waals surface area contributed by atoms with Gasteiger partial charge >= 0.3 is 0 Å². The van der Waals surface area contributed by atoms with E-state index in [9.17, 15) is 4.79 Å². The molecule has 1 aromatic carbocycles. The highest BCUT2D eigenvalue weighted by molar-refractivity contribution is 7.99. The molecular formula is C14H18N4OS. The first kappa shape index (κ1) is 14.6. The van der Waals surface area contributed by atoms with Crippen molar-refractivity contribution in [2.75, 3.05) is 11.1 Å². The summed E-state index contributed by atoms with van der Waals surface area (Å²) in [6, 6.07) is 7.75. The molecule has 0 atom stereocenters. The largest absolute Gasteiger partial charge is 0.325 e. The van der Waals surface area contributed by atoms with Crippen LogP contribution in [0, 0.1) is 13.8 Å². The Labute approximate surface area is 122 Å². The molecule has 0 bridgehead atoms. The van der Waals surface area contributed by atoms with E-state index < -0.39 is 0 Å². The second-order valence-electron chi connectivity index (χ2n) is 4.48. The lowest BCUT2D eigenvalue weighted by Crippen LogP contribution is -2.14. The third kappa shape index (κ3) is 3.60. The number of hydrogen-bond acceptors (Lipinski definition) is 4. The lowest BCUT2D eigenvalue weighted by molar-refractivity contribution is -0.113. The number of nitrogens with one attached hydrogen (secondary N) is 1. The van der Waals surface area contributed by atoms with Gasteiger partial charge in [-0.25, -0.2) is 0 Å². The van der Waals surface area contributed by atoms with E-state index in [0.29, 0.717) is 5.75 Å². The van der Waals surface area contributed by atoms with Gasteiger partial charge in [-0.05, 0) is 38.5 Å². The van der Waals surface area contributed by atoms with Crippen LogP contribution in [-0.2, 0) is 11.3 Å². The van der Waals surface area contributed by atoms with Crippen LogP contribution in [0.5, 0.6) is 0 Å². The molecule has 1 heterocycles. The zero-order valence-electron chi connectivity index (χ0n) is 11.9. The van der Waals surface area contributed by atoms with Crippen molar-refractivity contribution in [3.05, 3.63) is 35.7 Å². The Kier molecular flexibility index (Phi) is 4.79. The summed E-state index contributed by atoms with van der Waals surface area (Å²) in [4.78, 5) is 11.9. The fraction of sp³-hybridized carbons (Fsp3) is 0.357. The summed E-state index contributed by atoms with van der Waals surface area (Å²) in [7, 11) is 0. The number of amides is 1. The van der Waals surface area contributed by atoms with Gasteiger partial charge in [0.05, 0.1) is 5.75 Å². The van der Waals surface area contributed by atoms with Crippen LogP contribution >= 0.6 is 11.8 Å². The molecule has 2 rings (SSSR count). The SMILES string of the molecule is CCn1c(C)nnc1SCC(=O)Nc1cccc(C)c1. The molecule has 20 heavy (non-hydrogen) atoms. The van der Waals surface area contributed by atoms with Gasteiger partial charge in [0.25, 0.3) is 0 Å². The van der Waals surface area contributed by atoms with Gasteiger partial charge in [-0.1, -0.05) is 23.9 Å². The quantitative estimate of drug-likeness (QED) is 0.860. The van der Waals surface area contributed by atoms with E-state index in [1.165, 1.54) is 11.8 Å². The van der Waals surface area contributed by atoms with Crippen molar-refractivity contribution in [1.82, 2.24) is 14.8 Å². The number of aryl methyl sites for hydroxylation is 2. The summed E-state index contributed by atoms with van der Waals surface area (Å²) in [5.74, 6) is 1.16. The molecule has 0 spiro atoms. The van der Waals surface area contributed by atoms with E-state index in [0.717, 1.165) is 28.8 Å². The number of benzene rings is 1. The van der Waals surface area contributed by atoms with Crippen molar-refractivity contribution in [3.63, 3.8) is 0 Å². The first-order chi connectivity index (χ1) is 9.60. The highest BCUT2D eigenvalue weighted by Gasteiger charge is 2.10. The van der Waals surface area contributed by atoms with Gasteiger partial charge in [-0.15, -0.1) is 10.2 Å². The summed E-state index contributed by atoms with van der Waals surface area (Å²) in [6.45, 7) is 6.75. The Bertz CT molecular complexity index is 609. The normalized spacial score (nSPS) is 10.6. The van der Waals surface area contributed by atoms with Crippen LogP contribution < -0.4 is 5.32 Å². The fourth-order valence-electron chi connectivity index (χ4n) is 1.88. The number of nitrogens with zero attached hydrogens (tertiary/aromatic N) is 3. The second-order valence-corrected chi connectivity index (χ2v) is 5.42. The predicted molar refractivity (Wildman–Crippen MR) is 81.0 cm³/mol. The monoisotopic (exact) mass is 290 g/mol. The average Bonchev–Trinajstić information content (AvgIpc) is 2.77. The molecule has 0 unspecified atom stereocenters. The second kappa shape index (κ2) is 6.56. The average molecular weight is 290 g/mol. The van der Waals surface area contributed by atoms with E-state index >= 15 is 0 Å². The molecule has 1 N–H and O–H groups in total. The minimum absolute atomic E-state index is 0.0380. The zero-order valence-corrected chi connectivity index (χ0v) is 12.7. The van der Waals surface area contributed by atoms with E-state index in [1.54, 1.807) is 0 Å². The van der Waals surface area contributed by atoms with Crippen LogP contribution in [0.2, 0.25) is 0 Å². The summed E-state index contributed by atoms with van der Waals surface area (Å²) < 4.78 is 1.99. The van der Waals surface area contributed by atoms with E-state index in [-0.39, 0.29) is 5.91 Å². The summed E-state index contributed by atoms with van der Waals surface area (Å²) in [5.41, 5.74) is 1.94. The Balaban J connectivity index is 1.92. The summed E-state index contributed by atoms with van der Waals surface area (Å²) >= 11 is 1.40.